The number of aliphatic hydroxyl groups excluding tert-OH is 1. The highest BCUT2D eigenvalue weighted by Crippen LogP contribution is 2.31. The topological polar surface area (TPSA) is 101 Å². The summed E-state index contributed by atoms with van der Waals surface area (Å²) in [4.78, 5) is 12.3. The maximum absolute atomic E-state index is 12.3. The molecular formula is C16H17N3O2. The third kappa shape index (κ3) is 2.55. The van der Waals surface area contributed by atoms with E-state index in [9.17, 15) is 9.90 Å². The fourth-order valence-electron chi connectivity index (χ4n) is 2.78. The Kier molecular flexibility index (Phi) is 3.27. The van der Waals surface area contributed by atoms with Crippen LogP contribution in [0.25, 0.3) is 0 Å². The first-order valence-electron chi connectivity index (χ1n) is 6.77. The Morgan fingerprint density at radius 1 is 1.14 bits per heavy atom. The lowest BCUT2D eigenvalue weighted by Gasteiger charge is -2.18. The van der Waals surface area contributed by atoms with E-state index >= 15 is 0 Å². The second-order valence-electron chi connectivity index (χ2n) is 5.31. The molecule has 0 heterocycles. The van der Waals surface area contributed by atoms with Gasteiger partial charge in [0.25, 0.3) is 5.91 Å². The zero-order chi connectivity index (χ0) is 15.0. The fourth-order valence-corrected chi connectivity index (χ4v) is 2.78. The summed E-state index contributed by atoms with van der Waals surface area (Å²) in [7, 11) is 0. The van der Waals surface area contributed by atoms with E-state index in [0.717, 1.165) is 11.1 Å². The summed E-state index contributed by atoms with van der Waals surface area (Å²) in [6.45, 7) is 0. The van der Waals surface area contributed by atoms with E-state index in [2.05, 4.69) is 5.32 Å². The zero-order valence-electron chi connectivity index (χ0n) is 11.4. The van der Waals surface area contributed by atoms with Crippen LogP contribution in [0.2, 0.25) is 0 Å². The standard InChI is InChI=1S/C16H17N3O2/c17-11-5-10(6-12(18)8-11)16(21)19-15-13-4-2-1-3-9(13)7-14(15)20/h1-6,8,14-15,20H,7,17-18H2,(H,19,21)/t14-,15+/m1/s1. The quantitative estimate of drug-likeness (QED) is 0.623. The average Bonchev–Trinajstić information content (AvgIpc) is 2.74. The molecule has 0 bridgehead atoms. The second kappa shape index (κ2) is 5.10. The van der Waals surface area contributed by atoms with Gasteiger partial charge in [0, 0.05) is 23.4 Å². The molecule has 2 atom stereocenters. The molecule has 0 aliphatic heterocycles. The van der Waals surface area contributed by atoms with Crippen LogP contribution in [-0.2, 0) is 6.42 Å². The lowest BCUT2D eigenvalue weighted by molar-refractivity contribution is 0.0858. The molecule has 21 heavy (non-hydrogen) atoms. The Bertz CT molecular complexity index is 679. The third-order valence-electron chi connectivity index (χ3n) is 3.73. The third-order valence-corrected chi connectivity index (χ3v) is 3.73. The molecule has 0 fully saturated rings. The molecular weight excluding hydrogens is 266 g/mol. The number of rotatable bonds is 2. The van der Waals surface area contributed by atoms with Crippen molar-refractivity contribution in [3.8, 4) is 0 Å². The van der Waals surface area contributed by atoms with Crippen LogP contribution in [0.5, 0.6) is 0 Å². The Hall–Kier alpha value is -2.53. The lowest BCUT2D eigenvalue weighted by Crippen LogP contribution is -2.33. The Morgan fingerprint density at radius 2 is 1.81 bits per heavy atom. The largest absolute Gasteiger partial charge is 0.399 e. The van der Waals surface area contributed by atoms with Crippen molar-refractivity contribution >= 4 is 17.3 Å². The van der Waals surface area contributed by atoms with E-state index in [1.54, 1.807) is 18.2 Å². The van der Waals surface area contributed by atoms with Crippen LogP contribution in [-0.4, -0.2) is 17.1 Å². The number of benzene rings is 2. The minimum absolute atomic E-state index is 0.297. The molecule has 6 N–H and O–H groups in total. The number of fused-ring (bicyclic) bond motifs is 1. The van der Waals surface area contributed by atoms with Crippen LogP contribution in [0.4, 0.5) is 11.4 Å². The molecule has 0 saturated heterocycles. The molecule has 1 amide bonds. The summed E-state index contributed by atoms with van der Waals surface area (Å²) in [6.07, 6.45) is -0.0787. The molecule has 0 saturated carbocycles. The highest BCUT2D eigenvalue weighted by molar-refractivity contribution is 5.96. The highest BCUT2D eigenvalue weighted by atomic mass is 16.3. The van der Waals surface area contributed by atoms with Crippen LogP contribution in [0.1, 0.15) is 27.5 Å². The Balaban J connectivity index is 1.85. The predicted octanol–water partition coefficient (Wildman–Crippen LogP) is 1.24. The number of hydrogen-bond donors (Lipinski definition) is 4. The van der Waals surface area contributed by atoms with Crippen molar-refractivity contribution in [3.05, 3.63) is 59.2 Å². The number of nitrogens with two attached hydrogens (primary N) is 2. The normalized spacial score (nSPS) is 20.0. The number of nitrogen functional groups attached to an aromatic ring is 2. The van der Waals surface area contributed by atoms with Gasteiger partial charge >= 0.3 is 0 Å². The molecule has 1 aliphatic carbocycles. The van der Waals surface area contributed by atoms with Gasteiger partial charge in [-0.1, -0.05) is 24.3 Å². The van der Waals surface area contributed by atoms with Gasteiger partial charge in [0.1, 0.15) is 0 Å². The second-order valence-corrected chi connectivity index (χ2v) is 5.31. The van der Waals surface area contributed by atoms with Crippen molar-refractivity contribution in [1.29, 1.82) is 0 Å². The maximum atomic E-state index is 12.3. The van der Waals surface area contributed by atoms with Gasteiger partial charge in [0.05, 0.1) is 12.1 Å². The Labute approximate surface area is 122 Å². The SMILES string of the molecule is Nc1cc(N)cc(C(=O)N[C@H]2c3ccccc3C[C@H]2O)c1. The summed E-state index contributed by atoms with van der Waals surface area (Å²) in [5.74, 6) is -0.297. The minimum Gasteiger partial charge on any atom is -0.399 e. The zero-order valence-corrected chi connectivity index (χ0v) is 11.4. The van der Waals surface area contributed by atoms with Crippen LogP contribution in [0.3, 0.4) is 0 Å². The van der Waals surface area contributed by atoms with E-state index in [-0.39, 0.29) is 5.91 Å². The first-order chi connectivity index (χ1) is 10.0. The summed E-state index contributed by atoms with van der Waals surface area (Å²) in [5.41, 5.74) is 14.7. The summed E-state index contributed by atoms with van der Waals surface area (Å²) < 4.78 is 0. The fraction of sp³-hybridized carbons (Fsp3) is 0.188. The van der Waals surface area contributed by atoms with Crippen LogP contribution in [0, 0.1) is 0 Å². The van der Waals surface area contributed by atoms with E-state index in [4.69, 9.17) is 11.5 Å². The lowest BCUT2D eigenvalue weighted by atomic mass is 10.1. The van der Waals surface area contributed by atoms with Crippen LogP contribution >= 0.6 is 0 Å². The van der Waals surface area contributed by atoms with Gasteiger partial charge in [0.2, 0.25) is 0 Å². The molecule has 2 aromatic rings. The monoisotopic (exact) mass is 283 g/mol. The van der Waals surface area contributed by atoms with Crippen molar-refractivity contribution < 1.29 is 9.90 Å². The van der Waals surface area contributed by atoms with Crippen molar-refractivity contribution in [2.45, 2.75) is 18.6 Å². The van der Waals surface area contributed by atoms with Gasteiger partial charge in [-0.05, 0) is 29.3 Å². The molecule has 3 rings (SSSR count). The molecule has 0 spiro atoms. The van der Waals surface area contributed by atoms with Crippen molar-refractivity contribution in [1.82, 2.24) is 5.32 Å². The van der Waals surface area contributed by atoms with Gasteiger partial charge in [-0.3, -0.25) is 4.79 Å². The van der Waals surface area contributed by atoms with Gasteiger partial charge in [0.15, 0.2) is 0 Å². The molecule has 0 aromatic heterocycles. The van der Waals surface area contributed by atoms with E-state index in [1.165, 1.54) is 0 Å². The van der Waals surface area contributed by atoms with Crippen molar-refractivity contribution in [2.24, 2.45) is 0 Å². The molecule has 0 radical (unpaired) electrons. The Morgan fingerprint density at radius 3 is 2.52 bits per heavy atom. The maximum Gasteiger partial charge on any atom is 0.252 e. The number of anilines is 2. The molecule has 108 valence electrons. The summed E-state index contributed by atoms with van der Waals surface area (Å²) in [6, 6.07) is 12.0. The molecule has 0 unspecified atom stereocenters. The van der Waals surface area contributed by atoms with Crippen molar-refractivity contribution in [2.75, 3.05) is 11.5 Å². The van der Waals surface area contributed by atoms with E-state index < -0.39 is 12.1 Å². The number of amides is 1. The predicted molar refractivity (Wildman–Crippen MR) is 81.6 cm³/mol. The van der Waals surface area contributed by atoms with Gasteiger partial charge in [-0.25, -0.2) is 0 Å². The molecule has 5 heteroatoms. The van der Waals surface area contributed by atoms with Crippen LogP contribution in [0.15, 0.2) is 42.5 Å². The number of hydrogen-bond acceptors (Lipinski definition) is 4. The first-order valence-corrected chi connectivity index (χ1v) is 6.77. The summed E-state index contributed by atoms with van der Waals surface area (Å²) in [5, 5.41) is 13.0. The number of nitrogens with one attached hydrogen (secondary N) is 1. The van der Waals surface area contributed by atoms with Crippen LogP contribution < -0.4 is 16.8 Å². The number of carbonyl (C=O) groups excluding carboxylic acids is 1. The average molecular weight is 283 g/mol. The molecule has 2 aromatic carbocycles. The van der Waals surface area contributed by atoms with Gasteiger partial charge < -0.3 is 21.9 Å². The van der Waals surface area contributed by atoms with Crippen molar-refractivity contribution in [3.63, 3.8) is 0 Å². The molecule has 5 nitrogen and oxygen atoms in total. The van der Waals surface area contributed by atoms with Gasteiger partial charge in [-0.2, -0.15) is 0 Å². The first kappa shape index (κ1) is 13.5. The van der Waals surface area contributed by atoms with Gasteiger partial charge in [-0.15, -0.1) is 0 Å². The summed E-state index contributed by atoms with van der Waals surface area (Å²) >= 11 is 0. The van der Waals surface area contributed by atoms with E-state index in [0.29, 0.717) is 23.4 Å². The molecule has 1 aliphatic rings. The highest BCUT2D eigenvalue weighted by Gasteiger charge is 2.32. The number of carbonyl (C=O) groups is 1. The van der Waals surface area contributed by atoms with E-state index in [1.807, 2.05) is 24.3 Å². The minimum atomic E-state index is -0.621. The number of aliphatic hydroxyl groups is 1. The smallest absolute Gasteiger partial charge is 0.252 e.